The molecule has 0 bridgehead atoms. The Morgan fingerprint density at radius 2 is 2.24 bits per heavy atom. The lowest BCUT2D eigenvalue weighted by atomic mass is 9.79. The number of imidazole rings is 1. The largest absolute Gasteiger partial charge is 0.338 e. The number of nitrogens with zero attached hydrogens (tertiary/aromatic N) is 3. The molecule has 116 valence electrons. The number of aryl methyl sites for hydroxylation is 1. The van der Waals surface area contributed by atoms with Crippen molar-refractivity contribution < 1.29 is 13.6 Å². The molecule has 2 fully saturated rings. The van der Waals surface area contributed by atoms with E-state index in [1.54, 1.807) is 6.20 Å². The lowest BCUT2D eigenvalue weighted by Crippen LogP contribution is -2.42. The van der Waals surface area contributed by atoms with Crippen molar-refractivity contribution in [2.75, 3.05) is 6.54 Å². The number of likely N-dealkylation sites (tertiary alicyclic amines) is 1. The van der Waals surface area contributed by atoms with Crippen LogP contribution in [-0.4, -0.2) is 38.9 Å². The van der Waals surface area contributed by atoms with Gasteiger partial charge in [-0.05, 0) is 25.7 Å². The standard InChI is InChI=1S/C15H21F2N3O/c1-11-18-4-6-19(11)10-13-3-2-5-20(13)14(21)7-12-8-15(16,17)9-12/h4,6,12-13H,2-3,5,7-10H2,1H3. The van der Waals surface area contributed by atoms with Gasteiger partial charge in [0.05, 0.1) is 0 Å². The van der Waals surface area contributed by atoms with Gasteiger partial charge < -0.3 is 9.47 Å². The van der Waals surface area contributed by atoms with Crippen molar-refractivity contribution in [2.45, 2.75) is 57.5 Å². The molecule has 0 N–H and O–H groups in total. The van der Waals surface area contributed by atoms with Crippen molar-refractivity contribution in [3.63, 3.8) is 0 Å². The number of rotatable bonds is 4. The monoisotopic (exact) mass is 297 g/mol. The molecular weight excluding hydrogens is 276 g/mol. The molecule has 0 spiro atoms. The molecule has 1 unspecified atom stereocenters. The maximum Gasteiger partial charge on any atom is 0.248 e. The van der Waals surface area contributed by atoms with Gasteiger partial charge in [-0.3, -0.25) is 4.79 Å². The first kappa shape index (κ1) is 14.5. The zero-order valence-electron chi connectivity index (χ0n) is 12.3. The van der Waals surface area contributed by atoms with Crippen molar-refractivity contribution >= 4 is 5.91 Å². The SMILES string of the molecule is Cc1nccn1CC1CCCN1C(=O)CC1CC(F)(F)C1. The van der Waals surface area contributed by atoms with E-state index in [2.05, 4.69) is 4.98 Å². The second-order valence-electron chi connectivity index (χ2n) is 6.34. The molecule has 2 aliphatic rings. The molecule has 1 saturated heterocycles. The summed E-state index contributed by atoms with van der Waals surface area (Å²) in [5, 5.41) is 0. The highest BCUT2D eigenvalue weighted by molar-refractivity contribution is 5.77. The Morgan fingerprint density at radius 1 is 1.48 bits per heavy atom. The molecule has 1 aliphatic heterocycles. The Hall–Kier alpha value is -1.46. The summed E-state index contributed by atoms with van der Waals surface area (Å²) in [4.78, 5) is 18.4. The number of carbonyl (C=O) groups excluding carboxylic acids is 1. The molecule has 4 nitrogen and oxygen atoms in total. The summed E-state index contributed by atoms with van der Waals surface area (Å²) in [5.41, 5.74) is 0. The molecule has 0 aromatic carbocycles. The molecule has 21 heavy (non-hydrogen) atoms. The molecule has 1 amide bonds. The van der Waals surface area contributed by atoms with Gasteiger partial charge in [-0.2, -0.15) is 0 Å². The maximum absolute atomic E-state index is 12.9. The number of hydrogen-bond acceptors (Lipinski definition) is 2. The summed E-state index contributed by atoms with van der Waals surface area (Å²) >= 11 is 0. The van der Waals surface area contributed by atoms with Crippen molar-refractivity contribution in [3.8, 4) is 0 Å². The number of hydrogen-bond donors (Lipinski definition) is 0. The van der Waals surface area contributed by atoms with Gasteiger partial charge in [0, 0.05) is 50.8 Å². The van der Waals surface area contributed by atoms with Crippen molar-refractivity contribution in [3.05, 3.63) is 18.2 Å². The quantitative estimate of drug-likeness (QED) is 0.857. The van der Waals surface area contributed by atoms with E-state index in [1.165, 1.54) is 0 Å². The molecule has 1 saturated carbocycles. The molecule has 6 heteroatoms. The van der Waals surface area contributed by atoms with Crippen molar-refractivity contribution in [1.82, 2.24) is 14.5 Å². The average molecular weight is 297 g/mol. The third kappa shape index (κ3) is 3.09. The van der Waals surface area contributed by atoms with E-state index >= 15 is 0 Å². The minimum atomic E-state index is -2.54. The highest BCUT2D eigenvalue weighted by atomic mass is 19.3. The minimum Gasteiger partial charge on any atom is -0.338 e. The van der Waals surface area contributed by atoms with Gasteiger partial charge in [-0.15, -0.1) is 0 Å². The Kier molecular flexibility index (Phi) is 3.71. The summed E-state index contributed by atoms with van der Waals surface area (Å²) in [6.45, 7) is 3.44. The van der Waals surface area contributed by atoms with Gasteiger partial charge in [-0.25, -0.2) is 13.8 Å². The summed E-state index contributed by atoms with van der Waals surface area (Å²) < 4.78 is 27.8. The predicted molar refractivity (Wildman–Crippen MR) is 74.0 cm³/mol. The maximum atomic E-state index is 12.9. The fraction of sp³-hybridized carbons (Fsp3) is 0.733. The molecular formula is C15H21F2N3O. The summed E-state index contributed by atoms with van der Waals surface area (Å²) in [6.07, 6.45) is 5.66. The van der Waals surface area contributed by atoms with E-state index in [-0.39, 0.29) is 37.1 Å². The van der Waals surface area contributed by atoms with E-state index in [0.717, 1.165) is 31.8 Å². The number of aromatic nitrogens is 2. The van der Waals surface area contributed by atoms with Crippen LogP contribution in [0.3, 0.4) is 0 Å². The zero-order chi connectivity index (χ0) is 15.0. The molecule has 1 aliphatic carbocycles. The van der Waals surface area contributed by atoms with Crippen molar-refractivity contribution in [1.29, 1.82) is 0 Å². The average Bonchev–Trinajstić information content (AvgIpc) is 2.98. The number of carbonyl (C=O) groups is 1. The molecule has 2 heterocycles. The van der Waals surface area contributed by atoms with Crippen LogP contribution in [0, 0.1) is 12.8 Å². The van der Waals surface area contributed by atoms with Gasteiger partial charge in [0.2, 0.25) is 11.8 Å². The van der Waals surface area contributed by atoms with Crippen LogP contribution in [0.2, 0.25) is 0 Å². The second-order valence-corrected chi connectivity index (χ2v) is 6.34. The van der Waals surface area contributed by atoms with Gasteiger partial charge in [0.1, 0.15) is 5.82 Å². The first-order valence-electron chi connectivity index (χ1n) is 7.60. The smallest absolute Gasteiger partial charge is 0.248 e. The van der Waals surface area contributed by atoms with E-state index in [9.17, 15) is 13.6 Å². The molecule has 1 atom stereocenters. The van der Waals surface area contributed by atoms with E-state index in [0.29, 0.717) is 0 Å². The van der Waals surface area contributed by atoms with Crippen LogP contribution in [0.5, 0.6) is 0 Å². The highest BCUT2D eigenvalue weighted by Crippen LogP contribution is 2.44. The second kappa shape index (κ2) is 5.39. The lowest BCUT2D eigenvalue weighted by Gasteiger charge is -2.36. The van der Waals surface area contributed by atoms with Gasteiger partial charge in [-0.1, -0.05) is 0 Å². The Labute approximate surface area is 123 Å². The number of alkyl halides is 2. The van der Waals surface area contributed by atoms with Crippen LogP contribution in [0.25, 0.3) is 0 Å². The topological polar surface area (TPSA) is 38.1 Å². The van der Waals surface area contributed by atoms with E-state index in [4.69, 9.17) is 0 Å². The Balaban J connectivity index is 1.56. The normalized spacial score (nSPS) is 25.1. The molecule has 1 aromatic rings. The van der Waals surface area contributed by atoms with E-state index < -0.39 is 5.92 Å². The number of halogens is 2. The molecule has 3 rings (SSSR count). The van der Waals surface area contributed by atoms with Crippen LogP contribution in [0.4, 0.5) is 8.78 Å². The van der Waals surface area contributed by atoms with Crippen LogP contribution >= 0.6 is 0 Å². The Morgan fingerprint density at radius 3 is 2.86 bits per heavy atom. The fourth-order valence-electron chi connectivity index (χ4n) is 3.47. The van der Waals surface area contributed by atoms with Crippen LogP contribution < -0.4 is 0 Å². The number of amides is 1. The van der Waals surface area contributed by atoms with Crippen LogP contribution in [0.15, 0.2) is 12.4 Å². The summed E-state index contributed by atoms with van der Waals surface area (Å²) in [5.74, 6) is -1.70. The summed E-state index contributed by atoms with van der Waals surface area (Å²) in [7, 11) is 0. The third-order valence-electron chi connectivity index (χ3n) is 4.67. The lowest BCUT2D eigenvalue weighted by molar-refractivity contribution is -0.142. The van der Waals surface area contributed by atoms with Crippen LogP contribution in [-0.2, 0) is 11.3 Å². The minimum absolute atomic E-state index is 0.0377. The molecule has 0 radical (unpaired) electrons. The van der Waals surface area contributed by atoms with Gasteiger partial charge in [0.25, 0.3) is 0 Å². The zero-order valence-corrected chi connectivity index (χ0v) is 12.3. The molecule has 1 aromatic heterocycles. The highest BCUT2D eigenvalue weighted by Gasteiger charge is 2.46. The first-order valence-corrected chi connectivity index (χ1v) is 7.60. The van der Waals surface area contributed by atoms with Crippen molar-refractivity contribution in [2.24, 2.45) is 5.92 Å². The summed E-state index contributed by atoms with van der Waals surface area (Å²) in [6, 6.07) is 0.172. The van der Waals surface area contributed by atoms with E-state index in [1.807, 2.05) is 22.6 Å². The van der Waals surface area contributed by atoms with Crippen LogP contribution in [0.1, 0.15) is 37.9 Å². The van der Waals surface area contributed by atoms with Gasteiger partial charge >= 0.3 is 0 Å². The van der Waals surface area contributed by atoms with Gasteiger partial charge in [0.15, 0.2) is 0 Å². The Bertz CT molecular complexity index is 521. The predicted octanol–water partition coefficient (Wildman–Crippen LogP) is 2.62. The fourth-order valence-corrected chi connectivity index (χ4v) is 3.47. The third-order valence-corrected chi connectivity index (χ3v) is 4.67. The first-order chi connectivity index (χ1) is 9.94.